The minimum absolute atomic E-state index is 0. The molecule has 6 nitrogen and oxygen atoms in total. The van der Waals surface area contributed by atoms with Crippen LogP contribution in [-0.2, 0) is 11.2 Å². The standard InChI is InChI=1S/C17H29N5OS.HI/c1-21(2)16(23)15-7-3-11-22(15)12-5-9-19-17(18)20-10-8-14-6-4-13-24-14;/h4,6,13,15H,3,5,7-12H2,1-2H3,(H3,18,19,20);1H. The molecule has 1 saturated heterocycles. The number of nitrogens with two attached hydrogens (primary N) is 1. The second-order valence-corrected chi connectivity index (χ2v) is 7.34. The molecular formula is C17H30IN5OS. The van der Waals surface area contributed by atoms with Gasteiger partial charge in [-0.3, -0.25) is 14.7 Å². The van der Waals surface area contributed by atoms with Gasteiger partial charge in [-0.05, 0) is 43.7 Å². The van der Waals surface area contributed by atoms with E-state index in [-0.39, 0.29) is 35.9 Å². The largest absolute Gasteiger partial charge is 0.370 e. The summed E-state index contributed by atoms with van der Waals surface area (Å²) in [5.74, 6) is 0.722. The second-order valence-electron chi connectivity index (χ2n) is 6.30. The molecule has 0 saturated carbocycles. The average molecular weight is 479 g/mol. The maximum atomic E-state index is 12.1. The van der Waals surface area contributed by atoms with Crippen molar-refractivity contribution in [3.63, 3.8) is 0 Å². The van der Waals surface area contributed by atoms with Crippen molar-refractivity contribution in [1.82, 2.24) is 15.1 Å². The Bertz CT molecular complexity index is 535. The van der Waals surface area contributed by atoms with Gasteiger partial charge in [0.25, 0.3) is 0 Å². The molecule has 1 aliphatic heterocycles. The highest BCUT2D eigenvalue weighted by Crippen LogP contribution is 2.18. The van der Waals surface area contributed by atoms with Gasteiger partial charge in [-0.15, -0.1) is 35.3 Å². The third kappa shape index (κ3) is 7.49. The van der Waals surface area contributed by atoms with Crippen LogP contribution in [0.4, 0.5) is 0 Å². The number of hydrogen-bond acceptors (Lipinski definition) is 4. The van der Waals surface area contributed by atoms with Crippen LogP contribution in [0.5, 0.6) is 0 Å². The number of thiophene rings is 1. The molecule has 1 aliphatic rings. The molecule has 8 heteroatoms. The molecule has 25 heavy (non-hydrogen) atoms. The summed E-state index contributed by atoms with van der Waals surface area (Å²) in [6.07, 6.45) is 3.95. The fourth-order valence-corrected chi connectivity index (χ4v) is 3.68. The number of aliphatic imine (C=N–C) groups is 1. The number of hydrogen-bond donors (Lipinski definition) is 2. The fourth-order valence-electron chi connectivity index (χ4n) is 2.97. The number of likely N-dealkylation sites (N-methyl/N-ethyl adjacent to an activating group) is 1. The molecule has 2 rings (SSSR count). The van der Waals surface area contributed by atoms with Crippen LogP contribution in [0, 0.1) is 0 Å². The third-order valence-electron chi connectivity index (χ3n) is 4.23. The van der Waals surface area contributed by atoms with Gasteiger partial charge in [-0.2, -0.15) is 0 Å². The van der Waals surface area contributed by atoms with Gasteiger partial charge in [-0.1, -0.05) is 6.07 Å². The SMILES string of the molecule is CN(C)C(=O)C1CCCN1CCCN=C(N)NCCc1cccs1.I. The summed E-state index contributed by atoms with van der Waals surface area (Å²) in [7, 11) is 3.65. The molecule has 1 unspecified atom stereocenters. The van der Waals surface area contributed by atoms with Crippen molar-refractivity contribution >= 4 is 47.2 Å². The van der Waals surface area contributed by atoms with Crippen molar-refractivity contribution in [2.75, 3.05) is 40.3 Å². The lowest BCUT2D eigenvalue weighted by atomic mass is 10.2. The summed E-state index contributed by atoms with van der Waals surface area (Å²) < 4.78 is 0. The molecule has 3 N–H and O–H groups in total. The molecule has 0 radical (unpaired) electrons. The molecule has 0 spiro atoms. The average Bonchev–Trinajstić information content (AvgIpc) is 3.22. The first-order valence-corrected chi connectivity index (χ1v) is 9.47. The number of nitrogens with zero attached hydrogens (tertiary/aromatic N) is 3. The van der Waals surface area contributed by atoms with E-state index in [9.17, 15) is 4.79 Å². The zero-order valence-electron chi connectivity index (χ0n) is 15.1. The topological polar surface area (TPSA) is 74.0 Å². The lowest BCUT2D eigenvalue weighted by Gasteiger charge is -2.25. The Labute approximate surface area is 171 Å². The van der Waals surface area contributed by atoms with Crippen molar-refractivity contribution in [3.05, 3.63) is 22.4 Å². The van der Waals surface area contributed by atoms with Crippen LogP contribution in [-0.4, -0.2) is 68.0 Å². The summed E-state index contributed by atoms with van der Waals surface area (Å²) in [5, 5.41) is 5.23. The summed E-state index contributed by atoms with van der Waals surface area (Å²) >= 11 is 1.76. The molecule has 1 aromatic heterocycles. The summed E-state index contributed by atoms with van der Waals surface area (Å²) in [4.78, 5) is 21.8. The van der Waals surface area contributed by atoms with E-state index in [0.29, 0.717) is 12.5 Å². The van der Waals surface area contributed by atoms with Crippen molar-refractivity contribution in [2.24, 2.45) is 10.7 Å². The van der Waals surface area contributed by atoms with Gasteiger partial charge >= 0.3 is 0 Å². The normalized spacial score (nSPS) is 18.0. The van der Waals surface area contributed by atoms with Crippen molar-refractivity contribution in [1.29, 1.82) is 0 Å². The maximum Gasteiger partial charge on any atom is 0.239 e. The predicted octanol–water partition coefficient (Wildman–Crippen LogP) is 1.76. The highest BCUT2D eigenvalue weighted by molar-refractivity contribution is 14.0. The Hall–Kier alpha value is -0.870. The number of nitrogens with one attached hydrogen (secondary N) is 1. The number of amides is 1. The summed E-state index contributed by atoms with van der Waals surface area (Å²) in [6.45, 7) is 3.40. The van der Waals surface area contributed by atoms with Crippen molar-refractivity contribution < 1.29 is 4.79 Å². The van der Waals surface area contributed by atoms with E-state index < -0.39 is 0 Å². The number of likely N-dealkylation sites (tertiary alicyclic amines) is 1. The van der Waals surface area contributed by atoms with Gasteiger partial charge < -0.3 is 16.0 Å². The van der Waals surface area contributed by atoms with Gasteiger partial charge in [0.1, 0.15) is 0 Å². The van der Waals surface area contributed by atoms with Gasteiger partial charge in [0.05, 0.1) is 6.04 Å². The minimum Gasteiger partial charge on any atom is -0.370 e. The van der Waals surface area contributed by atoms with Crippen molar-refractivity contribution in [2.45, 2.75) is 31.7 Å². The highest BCUT2D eigenvalue weighted by Gasteiger charge is 2.30. The van der Waals surface area contributed by atoms with Crippen LogP contribution in [0.15, 0.2) is 22.5 Å². The monoisotopic (exact) mass is 479 g/mol. The summed E-state index contributed by atoms with van der Waals surface area (Å²) in [5.41, 5.74) is 5.89. The van der Waals surface area contributed by atoms with Crippen molar-refractivity contribution in [3.8, 4) is 0 Å². The van der Waals surface area contributed by atoms with Crippen LogP contribution in [0.2, 0.25) is 0 Å². The number of carbonyl (C=O) groups excluding carboxylic acids is 1. The van der Waals surface area contributed by atoms with Crippen LogP contribution in [0.1, 0.15) is 24.1 Å². The van der Waals surface area contributed by atoms with Gasteiger partial charge in [0.15, 0.2) is 5.96 Å². The number of rotatable bonds is 8. The molecule has 0 aromatic carbocycles. The maximum absolute atomic E-state index is 12.1. The Morgan fingerprint density at radius 1 is 1.52 bits per heavy atom. The number of halogens is 1. The molecule has 142 valence electrons. The van der Waals surface area contributed by atoms with Crippen LogP contribution >= 0.6 is 35.3 Å². The van der Waals surface area contributed by atoms with Crippen LogP contribution < -0.4 is 11.1 Å². The highest BCUT2D eigenvalue weighted by atomic mass is 127. The van der Waals surface area contributed by atoms with E-state index in [1.54, 1.807) is 16.2 Å². The Balaban J connectivity index is 0.00000312. The van der Waals surface area contributed by atoms with Crippen LogP contribution in [0.3, 0.4) is 0 Å². The molecule has 1 amide bonds. The molecule has 2 heterocycles. The Morgan fingerprint density at radius 3 is 3.00 bits per heavy atom. The summed E-state index contributed by atoms with van der Waals surface area (Å²) in [6, 6.07) is 4.23. The quantitative estimate of drug-likeness (QED) is 0.258. The fraction of sp³-hybridized carbons (Fsp3) is 0.647. The molecule has 1 aromatic rings. The molecule has 1 atom stereocenters. The van der Waals surface area contributed by atoms with Crippen LogP contribution in [0.25, 0.3) is 0 Å². The number of carbonyl (C=O) groups is 1. The first-order valence-electron chi connectivity index (χ1n) is 8.59. The first-order chi connectivity index (χ1) is 11.6. The van der Waals surface area contributed by atoms with E-state index >= 15 is 0 Å². The molecular weight excluding hydrogens is 449 g/mol. The zero-order valence-corrected chi connectivity index (χ0v) is 18.3. The van der Waals surface area contributed by atoms with E-state index in [2.05, 4.69) is 32.7 Å². The number of guanidine groups is 1. The van der Waals surface area contributed by atoms with E-state index in [1.165, 1.54) is 4.88 Å². The first kappa shape index (κ1) is 22.2. The van der Waals surface area contributed by atoms with Gasteiger partial charge in [-0.25, -0.2) is 0 Å². The van der Waals surface area contributed by atoms with E-state index in [4.69, 9.17) is 5.73 Å². The minimum atomic E-state index is 0. The van der Waals surface area contributed by atoms with Gasteiger partial charge in [0.2, 0.25) is 5.91 Å². The Morgan fingerprint density at radius 2 is 2.32 bits per heavy atom. The lowest BCUT2D eigenvalue weighted by molar-refractivity contribution is -0.133. The van der Waals surface area contributed by atoms with Gasteiger partial charge in [0, 0.05) is 38.6 Å². The Kier molecular flexibility index (Phi) is 10.4. The van der Waals surface area contributed by atoms with E-state index in [0.717, 1.165) is 45.3 Å². The third-order valence-corrected chi connectivity index (χ3v) is 5.17. The van der Waals surface area contributed by atoms with E-state index in [1.807, 2.05) is 14.1 Å². The lowest BCUT2D eigenvalue weighted by Crippen LogP contribution is -2.43. The smallest absolute Gasteiger partial charge is 0.239 e. The molecule has 0 bridgehead atoms. The predicted molar refractivity (Wildman–Crippen MR) is 116 cm³/mol. The zero-order chi connectivity index (χ0) is 17.4. The second kappa shape index (κ2) is 11.7. The molecule has 1 fully saturated rings. The molecule has 0 aliphatic carbocycles.